The van der Waals surface area contributed by atoms with E-state index in [1.165, 1.54) is 11.2 Å². The predicted molar refractivity (Wildman–Crippen MR) is 103 cm³/mol. The van der Waals surface area contributed by atoms with Gasteiger partial charge in [0, 0.05) is 19.5 Å². The van der Waals surface area contributed by atoms with Crippen molar-refractivity contribution in [1.29, 1.82) is 0 Å². The second-order valence-electron chi connectivity index (χ2n) is 6.81. The van der Waals surface area contributed by atoms with Gasteiger partial charge in [-0.2, -0.15) is 4.31 Å². The number of sulfonamides is 1. The van der Waals surface area contributed by atoms with Crippen molar-refractivity contribution in [2.75, 3.05) is 13.7 Å². The molecule has 144 valence electrons. The van der Waals surface area contributed by atoms with Gasteiger partial charge in [-0.15, -0.1) is 0 Å². The van der Waals surface area contributed by atoms with Crippen LogP contribution in [0.1, 0.15) is 31.1 Å². The molecule has 0 bridgehead atoms. The zero-order valence-electron chi connectivity index (χ0n) is 15.9. The van der Waals surface area contributed by atoms with Crippen LogP contribution in [0.5, 0.6) is 5.75 Å². The average Bonchev–Trinajstić information content (AvgIpc) is 3.00. The maximum Gasteiger partial charge on any atom is 0.245 e. The van der Waals surface area contributed by atoms with Gasteiger partial charge in [0.05, 0.1) is 12.0 Å². The molecule has 0 N–H and O–H groups in total. The lowest BCUT2D eigenvalue weighted by atomic mass is 10.1. The number of aryl methyl sites for hydroxylation is 1. The first-order valence-electron chi connectivity index (χ1n) is 8.77. The highest BCUT2D eigenvalue weighted by Gasteiger charge is 2.45. The summed E-state index contributed by atoms with van der Waals surface area (Å²) in [5.74, 6) is 0.511. The number of rotatable bonds is 4. The molecule has 0 spiro atoms. The fourth-order valence-corrected chi connectivity index (χ4v) is 5.14. The van der Waals surface area contributed by atoms with Crippen LogP contribution in [0.3, 0.4) is 0 Å². The Hall–Kier alpha value is -2.38. The summed E-state index contributed by atoms with van der Waals surface area (Å²) in [6.45, 7) is 5.48. The molecule has 0 aromatic heterocycles. The summed E-state index contributed by atoms with van der Waals surface area (Å²) < 4.78 is 33.3. The number of nitrogens with zero attached hydrogens (tertiary/aromatic N) is 2. The normalized spacial score (nSPS) is 20.7. The van der Waals surface area contributed by atoms with Gasteiger partial charge in [0.2, 0.25) is 15.9 Å². The van der Waals surface area contributed by atoms with Crippen molar-refractivity contribution in [3.8, 4) is 5.75 Å². The Kier molecular flexibility index (Phi) is 5.26. The Morgan fingerprint density at radius 3 is 2.19 bits per heavy atom. The number of carbonyl (C=O) groups is 1. The average molecular weight is 388 g/mol. The van der Waals surface area contributed by atoms with E-state index in [1.807, 2.05) is 13.8 Å². The summed E-state index contributed by atoms with van der Waals surface area (Å²) in [7, 11) is -2.19. The Morgan fingerprint density at radius 1 is 1.07 bits per heavy atom. The van der Waals surface area contributed by atoms with Crippen LogP contribution in [0.15, 0.2) is 53.4 Å². The summed E-state index contributed by atoms with van der Waals surface area (Å²) >= 11 is 0. The van der Waals surface area contributed by atoms with Crippen LogP contribution in [0, 0.1) is 6.92 Å². The maximum absolute atomic E-state index is 13.3. The molecule has 0 unspecified atom stereocenters. The summed E-state index contributed by atoms with van der Waals surface area (Å²) in [4.78, 5) is 14.1. The highest BCUT2D eigenvalue weighted by molar-refractivity contribution is 7.89. The molecular weight excluding hydrogens is 364 g/mol. The zero-order valence-corrected chi connectivity index (χ0v) is 16.7. The molecule has 2 aromatic carbocycles. The molecule has 7 heteroatoms. The van der Waals surface area contributed by atoms with Crippen LogP contribution in [-0.4, -0.2) is 43.2 Å². The van der Waals surface area contributed by atoms with E-state index in [2.05, 4.69) is 0 Å². The van der Waals surface area contributed by atoms with Gasteiger partial charge in [0.1, 0.15) is 11.9 Å². The van der Waals surface area contributed by atoms with Crippen molar-refractivity contribution in [2.24, 2.45) is 0 Å². The van der Waals surface area contributed by atoms with E-state index >= 15 is 0 Å². The first kappa shape index (κ1) is 19.4. The van der Waals surface area contributed by atoms with Crippen molar-refractivity contribution in [1.82, 2.24) is 9.21 Å². The first-order valence-corrected chi connectivity index (χ1v) is 10.2. The second-order valence-corrected chi connectivity index (χ2v) is 8.70. The van der Waals surface area contributed by atoms with E-state index < -0.39 is 16.2 Å². The predicted octanol–water partition coefficient (Wildman–Crippen LogP) is 2.94. The molecule has 1 fully saturated rings. The SMILES string of the molecule is COc1ccc([C@H]2N(C(C)=O)[C@@H](C)CN2S(=O)(=O)c2ccc(C)cc2)cc1. The van der Waals surface area contributed by atoms with Gasteiger partial charge in [-0.25, -0.2) is 8.42 Å². The van der Waals surface area contributed by atoms with Crippen LogP contribution in [0.25, 0.3) is 0 Å². The number of benzene rings is 2. The summed E-state index contributed by atoms with van der Waals surface area (Å²) in [6, 6.07) is 13.7. The summed E-state index contributed by atoms with van der Waals surface area (Å²) in [5.41, 5.74) is 1.71. The van der Waals surface area contributed by atoms with Gasteiger partial charge in [0.25, 0.3) is 0 Å². The molecule has 3 rings (SSSR count). The Morgan fingerprint density at radius 2 is 1.67 bits per heavy atom. The number of carbonyl (C=O) groups excluding carboxylic acids is 1. The fraction of sp³-hybridized carbons (Fsp3) is 0.350. The molecule has 1 heterocycles. The molecule has 0 aliphatic carbocycles. The van der Waals surface area contributed by atoms with E-state index in [-0.39, 0.29) is 23.4 Å². The van der Waals surface area contributed by atoms with E-state index in [0.717, 1.165) is 11.1 Å². The number of ether oxygens (including phenoxy) is 1. The molecule has 0 radical (unpaired) electrons. The third-order valence-electron chi connectivity index (χ3n) is 4.86. The van der Waals surface area contributed by atoms with Crippen LogP contribution >= 0.6 is 0 Å². The summed E-state index contributed by atoms with van der Waals surface area (Å²) in [6.07, 6.45) is -0.685. The Balaban J connectivity index is 2.08. The minimum absolute atomic E-state index is 0.162. The lowest BCUT2D eigenvalue weighted by molar-refractivity contribution is -0.132. The first-order chi connectivity index (χ1) is 12.8. The smallest absolute Gasteiger partial charge is 0.245 e. The number of hydrogen-bond donors (Lipinski definition) is 0. The van der Waals surface area contributed by atoms with Crippen LogP contribution in [0.4, 0.5) is 0 Å². The van der Waals surface area contributed by atoms with E-state index in [0.29, 0.717) is 5.75 Å². The molecule has 27 heavy (non-hydrogen) atoms. The largest absolute Gasteiger partial charge is 0.497 e. The number of hydrogen-bond acceptors (Lipinski definition) is 4. The monoisotopic (exact) mass is 388 g/mol. The summed E-state index contributed by atoms with van der Waals surface area (Å²) in [5, 5.41) is 0. The van der Waals surface area contributed by atoms with Crippen molar-refractivity contribution in [3.63, 3.8) is 0 Å². The number of amides is 1. The van der Waals surface area contributed by atoms with Crippen molar-refractivity contribution < 1.29 is 17.9 Å². The third kappa shape index (κ3) is 3.57. The highest BCUT2D eigenvalue weighted by atomic mass is 32.2. The highest BCUT2D eigenvalue weighted by Crippen LogP contribution is 2.38. The van der Waals surface area contributed by atoms with Gasteiger partial charge >= 0.3 is 0 Å². The molecule has 1 aliphatic rings. The molecule has 1 saturated heterocycles. The van der Waals surface area contributed by atoms with E-state index in [1.54, 1.807) is 60.5 Å². The van der Waals surface area contributed by atoms with Crippen molar-refractivity contribution in [2.45, 2.75) is 37.9 Å². The van der Waals surface area contributed by atoms with Gasteiger partial charge in [-0.3, -0.25) is 4.79 Å². The minimum atomic E-state index is -3.76. The van der Waals surface area contributed by atoms with Gasteiger partial charge < -0.3 is 9.64 Å². The van der Waals surface area contributed by atoms with E-state index in [4.69, 9.17) is 4.74 Å². The van der Waals surface area contributed by atoms with Crippen molar-refractivity contribution >= 4 is 15.9 Å². The fourth-order valence-electron chi connectivity index (χ4n) is 3.49. The molecule has 1 aliphatic heterocycles. The minimum Gasteiger partial charge on any atom is -0.497 e. The molecule has 6 nitrogen and oxygen atoms in total. The quantitative estimate of drug-likeness (QED) is 0.808. The number of methoxy groups -OCH3 is 1. The van der Waals surface area contributed by atoms with Crippen LogP contribution < -0.4 is 4.74 Å². The molecular formula is C20H24N2O4S. The Labute approximate surface area is 160 Å². The third-order valence-corrected chi connectivity index (χ3v) is 6.69. The molecule has 0 saturated carbocycles. The standard InChI is InChI=1S/C20H24N2O4S/c1-14-5-11-19(12-6-14)27(24,25)21-13-15(2)22(16(3)23)20(21)17-7-9-18(26-4)10-8-17/h5-12,15,20H,13H2,1-4H3/t15-,20+/m0/s1. The van der Waals surface area contributed by atoms with Gasteiger partial charge in [0.15, 0.2) is 0 Å². The van der Waals surface area contributed by atoms with Gasteiger partial charge in [-0.05, 0) is 43.7 Å². The second kappa shape index (κ2) is 7.32. The molecule has 2 atom stereocenters. The topological polar surface area (TPSA) is 66.9 Å². The van der Waals surface area contributed by atoms with Gasteiger partial charge in [-0.1, -0.05) is 29.8 Å². The van der Waals surface area contributed by atoms with E-state index in [9.17, 15) is 13.2 Å². The van der Waals surface area contributed by atoms with Crippen molar-refractivity contribution in [3.05, 3.63) is 59.7 Å². The lowest BCUT2D eigenvalue weighted by Gasteiger charge is -2.30. The molecule has 2 aromatic rings. The lowest BCUT2D eigenvalue weighted by Crippen LogP contribution is -2.38. The van der Waals surface area contributed by atoms with Crippen LogP contribution in [-0.2, 0) is 14.8 Å². The zero-order chi connectivity index (χ0) is 19.8. The maximum atomic E-state index is 13.3. The Bertz CT molecular complexity index is 923. The molecule has 1 amide bonds. The van der Waals surface area contributed by atoms with Crippen LogP contribution in [0.2, 0.25) is 0 Å².